The largest absolute Gasteiger partial charge is 0.392 e. The Morgan fingerprint density at radius 1 is 0.808 bits per heavy atom. The second kappa shape index (κ2) is 14.3. The van der Waals surface area contributed by atoms with Gasteiger partial charge in [0.15, 0.2) is 5.79 Å². The van der Waals surface area contributed by atoms with Gasteiger partial charge in [0.05, 0.1) is 67.1 Å². The Bertz CT molecular complexity index is 1380. The van der Waals surface area contributed by atoms with E-state index < -0.39 is 18.0 Å². The van der Waals surface area contributed by atoms with Crippen LogP contribution < -0.4 is 5.73 Å². The maximum Gasteiger partial charge on any atom is 0.172 e. The average molecular weight is 730 g/mol. The van der Waals surface area contributed by atoms with E-state index in [9.17, 15) is 9.90 Å². The minimum atomic E-state index is -0.780. The standard InChI is InChI=1S/C40H59NO11/c1-19-11-24-5-7-28-20(2)12-26(45-28)9-10-40-17-33-36(51-40)37-38(50-33)39(52-40)35-29(49-37)8-6-25(47-35)13-22(42)14-27-31(16-30(46-24)21(19)3)48-32(34(27)44-4)15-23(43)18-41/h19,23-39,43H,2-3,5-18,41H2,1,4H3/t19-,23?,24+,25?,26?,27?,28+,29?,30?,31+,32?,33-,34-,35+,36?,37+,38?,39?,40+/m1/s1. The summed E-state index contributed by atoms with van der Waals surface area (Å²) in [7, 11) is 1.66. The van der Waals surface area contributed by atoms with Gasteiger partial charge >= 0.3 is 0 Å². The smallest absolute Gasteiger partial charge is 0.172 e. The number of aliphatic hydroxyl groups excluding tert-OH is 1. The molecule has 19 atom stereocenters. The third-order valence-electron chi connectivity index (χ3n) is 14.0. The monoisotopic (exact) mass is 729 g/mol. The normalized spacial score (nSPS) is 52.4. The van der Waals surface area contributed by atoms with Crippen molar-refractivity contribution in [2.24, 2.45) is 17.6 Å². The molecule has 12 heteroatoms. The number of ether oxygens (including phenoxy) is 9. The van der Waals surface area contributed by atoms with Crippen molar-refractivity contribution in [2.75, 3.05) is 13.7 Å². The van der Waals surface area contributed by atoms with Crippen LogP contribution in [0.5, 0.6) is 0 Å². The maximum absolute atomic E-state index is 14.1. The highest BCUT2D eigenvalue weighted by Crippen LogP contribution is 2.54. The van der Waals surface area contributed by atoms with Crippen molar-refractivity contribution in [1.29, 1.82) is 0 Å². The van der Waals surface area contributed by atoms with Crippen molar-refractivity contribution in [3.63, 3.8) is 0 Å². The number of hydrogen-bond acceptors (Lipinski definition) is 12. The maximum atomic E-state index is 14.1. The number of carbonyl (C=O) groups is 1. The molecule has 0 aromatic heterocycles. The van der Waals surface area contributed by atoms with E-state index in [1.807, 2.05) is 0 Å². The molecule has 10 fully saturated rings. The lowest BCUT2D eigenvalue weighted by Gasteiger charge is -2.47. The van der Waals surface area contributed by atoms with Gasteiger partial charge in [-0.15, -0.1) is 0 Å². The van der Waals surface area contributed by atoms with Crippen molar-refractivity contribution in [2.45, 2.75) is 194 Å². The molecule has 12 nitrogen and oxygen atoms in total. The summed E-state index contributed by atoms with van der Waals surface area (Å²) in [4.78, 5) is 14.1. The van der Waals surface area contributed by atoms with Gasteiger partial charge in [-0.25, -0.2) is 0 Å². The quantitative estimate of drug-likeness (QED) is 0.409. The van der Waals surface area contributed by atoms with Gasteiger partial charge in [0.25, 0.3) is 0 Å². The second-order valence-electron chi connectivity index (χ2n) is 17.4. The summed E-state index contributed by atoms with van der Waals surface area (Å²) in [5, 5.41) is 10.5. The van der Waals surface area contributed by atoms with Crippen LogP contribution in [0.3, 0.4) is 0 Å². The van der Waals surface area contributed by atoms with Gasteiger partial charge in [-0.2, -0.15) is 0 Å². The predicted octanol–water partition coefficient (Wildman–Crippen LogP) is 3.44. The molecule has 0 saturated carbocycles. The summed E-state index contributed by atoms with van der Waals surface area (Å²) in [6, 6.07) is 0. The number of rotatable bonds is 4. The van der Waals surface area contributed by atoms with Crippen molar-refractivity contribution in [3.05, 3.63) is 24.3 Å². The number of aliphatic hydroxyl groups is 1. The summed E-state index contributed by atoms with van der Waals surface area (Å²) in [6.45, 7) is 11.3. The van der Waals surface area contributed by atoms with Gasteiger partial charge in [0.2, 0.25) is 0 Å². The number of methoxy groups -OCH3 is 1. The summed E-state index contributed by atoms with van der Waals surface area (Å²) in [6.07, 6.45) is 4.85. The molecule has 3 N–H and O–H groups in total. The lowest BCUT2D eigenvalue weighted by molar-refractivity contribution is -0.292. The number of Topliss-reactive ketones (excluding diaryl/α,β-unsaturated/α-hetero) is 1. The summed E-state index contributed by atoms with van der Waals surface area (Å²) in [5.74, 6) is -0.619. The molecule has 0 aromatic rings. The third-order valence-corrected chi connectivity index (χ3v) is 14.0. The van der Waals surface area contributed by atoms with Gasteiger partial charge in [-0.3, -0.25) is 4.79 Å². The lowest BCUT2D eigenvalue weighted by atomic mass is 9.81. The molecular weight excluding hydrogens is 670 g/mol. The Balaban J connectivity index is 0.994. The second-order valence-corrected chi connectivity index (χ2v) is 17.4. The zero-order chi connectivity index (χ0) is 35.9. The fourth-order valence-corrected chi connectivity index (χ4v) is 11.3. The molecular formula is C40H59NO11. The van der Waals surface area contributed by atoms with Crippen LogP contribution in [0.15, 0.2) is 24.3 Å². The van der Waals surface area contributed by atoms with Gasteiger partial charge < -0.3 is 53.5 Å². The fraction of sp³-hybridized carbons (Fsp3) is 0.875. The lowest BCUT2D eigenvalue weighted by Crippen LogP contribution is -2.61. The Morgan fingerprint density at radius 2 is 1.56 bits per heavy atom. The van der Waals surface area contributed by atoms with Crippen LogP contribution in [0.4, 0.5) is 0 Å². The van der Waals surface area contributed by atoms with Crippen LogP contribution in [0.25, 0.3) is 0 Å². The van der Waals surface area contributed by atoms with Crippen LogP contribution in [0.2, 0.25) is 0 Å². The first-order valence-corrected chi connectivity index (χ1v) is 20.2. The molecule has 10 unspecified atom stereocenters. The van der Waals surface area contributed by atoms with E-state index >= 15 is 0 Å². The van der Waals surface area contributed by atoms with E-state index in [1.165, 1.54) is 0 Å². The third kappa shape index (κ3) is 6.59. The fourth-order valence-electron chi connectivity index (χ4n) is 11.3. The Hall–Kier alpha value is -1.29. The van der Waals surface area contributed by atoms with Crippen molar-refractivity contribution < 1.29 is 52.5 Å². The number of hydrogen-bond donors (Lipinski definition) is 2. The highest BCUT2D eigenvalue weighted by molar-refractivity contribution is 5.79. The molecule has 1 spiro atoms. The van der Waals surface area contributed by atoms with Crippen molar-refractivity contribution in [1.82, 2.24) is 0 Å². The molecule has 0 aromatic carbocycles. The SMILES string of the molecule is C=C1C2C[C@@H]3OC(CC(O)CN)[C@H](OC)C3CC(=O)CC3CCC4O[C@@H]5C6O[C@@H]7C[C@](CCC8CC(=C)[C@H](CC[C@@H](C[C@H]1C)O2)O8)(OC6[C@H]4O3)OC57. The van der Waals surface area contributed by atoms with Gasteiger partial charge in [-0.05, 0) is 62.0 Å². The predicted molar refractivity (Wildman–Crippen MR) is 186 cm³/mol. The first-order chi connectivity index (χ1) is 25.1. The van der Waals surface area contributed by atoms with Gasteiger partial charge in [0.1, 0.15) is 36.3 Å². The summed E-state index contributed by atoms with van der Waals surface area (Å²) >= 11 is 0. The Morgan fingerprint density at radius 3 is 2.38 bits per heavy atom. The molecule has 10 aliphatic heterocycles. The highest BCUT2D eigenvalue weighted by Gasteiger charge is 2.68. The number of ketones is 1. The van der Waals surface area contributed by atoms with E-state index in [1.54, 1.807) is 7.11 Å². The van der Waals surface area contributed by atoms with Gasteiger partial charge in [0, 0.05) is 58.1 Å². The average Bonchev–Trinajstić information content (AvgIpc) is 3.79. The summed E-state index contributed by atoms with van der Waals surface area (Å²) in [5.41, 5.74) is 8.01. The molecule has 12 bridgehead atoms. The van der Waals surface area contributed by atoms with Crippen LogP contribution in [0.1, 0.15) is 90.4 Å². The van der Waals surface area contributed by atoms with E-state index in [2.05, 4.69) is 20.1 Å². The molecule has 10 saturated heterocycles. The number of carbonyl (C=O) groups excluding carboxylic acids is 1. The highest BCUT2D eigenvalue weighted by atomic mass is 16.8. The first kappa shape index (κ1) is 36.4. The van der Waals surface area contributed by atoms with Crippen LogP contribution >= 0.6 is 0 Å². The molecule has 0 radical (unpaired) electrons. The summed E-state index contributed by atoms with van der Waals surface area (Å²) < 4.78 is 60.0. The Kier molecular flexibility index (Phi) is 10.0. The van der Waals surface area contributed by atoms with Crippen molar-refractivity contribution >= 4 is 5.78 Å². The molecule has 0 aliphatic carbocycles. The van der Waals surface area contributed by atoms with E-state index in [-0.39, 0.29) is 122 Å². The zero-order valence-corrected chi connectivity index (χ0v) is 30.8. The molecule has 10 heterocycles. The minimum Gasteiger partial charge on any atom is -0.392 e. The number of fused-ring (bicyclic) bond motifs is 6. The van der Waals surface area contributed by atoms with E-state index in [0.717, 1.165) is 56.1 Å². The Labute approximate surface area is 307 Å². The van der Waals surface area contributed by atoms with E-state index in [4.69, 9.17) is 48.4 Å². The van der Waals surface area contributed by atoms with Gasteiger partial charge in [-0.1, -0.05) is 20.1 Å². The molecule has 10 rings (SSSR count). The molecule has 0 amide bonds. The van der Waals surface area contributed by atoms with Crippen LogP contribution in [-0.2, 0) is 47.4 Å². The topological polar surface area (TPSA) is 146 Å². The van der Waals surface area contributed by atoms with Crippen molar-refractivity contribution in [3.8, 4) is 0 Å². The molecule has 52 heavy (non-hydrogen) atoms. The van der Waals surface area contributed by atoms with Crippen LogP contribution in [0, 0.1) is 11.8 Å². The van der Waals surface area contributed by atoms with E-state index in [0.29, 0.717) is 25.7 Å². The zero-order valence-electron chi connectivity index (χ0n) is 30.8. The minimum absolute atomic E-state index is 0.0158. The molecule has 290 valence electrons. The first-order valence-electron chi connectivity index (χ1n) is 20.2. The van der Waals surface area contributed by atoms with Crippen LogP contribution in [-0.4, -0.2) is 128 Å². The number of nitrogens with two attached hydrogens (primary N) is 1. The molecule has 10 aliphatic rings.